The third kappa shape index (κ3) is 2.72. The molecule has 0 radical (unpaired) electrons. The van der Waals surface area contributed by atoms with Crippen molar-refractivity contribution >= 4 is 11.9 Å². The van der Waals surface area contributed by atoms with Crippen molar-refractivity contribution in [1.29, 1.82) is 0 Å². The minimum atomic E-state index is -0.785. The summed E-state index contributed by atoms with van der Waals surface area (Å²) in [6.07, 6.45) is 1.52. The first kappa shape index (κ1) is 10.0. The van der Waals surface area contributed by atoms with Crippen molar-refractivity contribution in [2.75, 3.05) is 6.61 Å². The Balaban J connectivity index is 2.17. The molecule has 0 unspecified atom stereocenters. The van der Waals surface area contributed by atoms with E-state index in [-0.39, 0.29) is 24.2 Å². The summed E-state index contributed by atoms with van der Waals surface area (Å²) in [6, 6.07) is 0. The molecule has 0 spiro atoms. The Morgan fingerprint density at radius 3 is 2.54 bits per heavy atom. The van der Waals surface area contributed by atoms with Gasteiger partial charge < -0.3 is 9.84 Å². The van der Waals surface area contributed by atoms with Crippen LogP contribution in [0.4, 0.5) is 0 Å². The fourth-order valence-corrected chi connectivity index (χ4v) is 1.60. The maximum absolute atomic E-state index is 11.1. The number of hydrogen-bond acceptors (Lipinski definition) is 3. The van der Waals surface area contributed by atoms with E-state index in [4.69, 9.17) is 9.84 Å². The first-order valence-corrected chi connectivity index (χ1v) is 4.52. The lowest BCUT2D eigenvalue weighted by Gasteiger charge is -2.32. The minimum absolute atomic E-state index is 0.0516. The van der Waals surface area contributed by atoms with E-state index in [1.54, 1.807) is 6.92 Å². The van der Waals surface area contributed by atoms with Crippen LogP contribution in [0.5, 0.6) is 0 Å². The van der Waals surface area contributed by atoms with Gasteiger partial charge in [0.15, 0.2) is 0 Å². The minimum Gasteiger partial charge on any atom is -0.481 e. The van der Waals surface area contributed by atoms with E-state index < -0.39 is 5.97 Å². The van der Waals surface area contributed by atoms with Crippen molar-refractivity contribution in [1.82, 2.24) is 0 Å². The van der Waals surface area contributed by atoms with E-state index >= 15 is 0 Å². The van der Waals surface area contributed by atoms with Gasteiger partial charge in [0.05, 0.1) is 12.5 Å². The van der Waals surface area contributed by atoms with Gasteiger partial charge in [-0.25, -0.2) is 0 Å². The van der Waals surface area contributed by atoms with Gasteiger partial charge in [-0.15, -0.1) is 0 Å². The Morgan fingerprint density at radius 1 is 1.46 bits per heavy atom. The van der Waals surface area contributed by atoms with Crippen LogP contribution in [0.15, 0.2) is 0 Å². The molecule has 0 heterocycles. The second kappa shape index (κ2) is 4.25. The standard InChI is InChI=1S/C9H14O4/c1-2-13-9(12)7-3-6(4-7)5-8(10)11/h6-7H,2-5H2,1H3,(H,10,11). The lowest BCUT2D eigenvalue weighted by atomic mass is 9.73. The van der Waals surface area contributed by atoms with Crippen LogP contribution in [0.3, 0.4) is 0 Å². The number of esters is 1. The van der Waals surface area contributed by atoms with Crippen molar-refractivity contribution in [3.05, 3.63) is 0 Å². The molecular weight excluding hydrogens is 172 g/mol. The molecule has 0 saturated heterocycles. The van der Waals surface area contributed by atoms with Crippen molar-refractivity contribution in [3.63, 3.8) is 0 Å². The van der Waals surface area contributed by atoms with Crippen molar-refractivity contribution < 1.29 is 19.4 Å². The number of carboxylic acid groups (broad SMARTS) is 1. The fraction of sp³-hybridized carbons (Fsp3) is 0.778. The van der Waals surface area contributed by atoms with Crippen LogP contribution in [0.2, 0.25) is 0 Å². The summed E-state index contributed by atoms with van der Waals surface area (Å²) in [4.78, 5) is 21.4. The predicted molar refractivity (Wildman–Crippen MR) is 45.1 cm³/mol. The largest absolute Gasteiger partial charge is 0.481 e. The summed E-state index contributed by atoms with van der Waals surface area (Å²) in [5, 5.41) is 8.46. The second-order valence-corrected chi connectivity index (χ2v) is 3.38. The number of carboxylic acids is 1. The average Bonchev–Trinajstić information content (AvgIpc) is 1.95. The Bertz CT molecular complexity index is 206. The molecule has 1 saturated carbocycles. The van der Waals surface area contributed by atoms with Gasteiger partial charge in [0, 0.05) is 6.42 Å². The molecule has 13 heavy (non-hydrogen) atoms. The summed E-state index contributed by atoms with van der Waals surface area (Å²) in [5.74, 6) is -0.840. The zero-order chi connectivity index (χ0) is 9.84. The predicted octanol–water partition coefficient (Wildman–Crippen LogP) is 1.05. The van der Waals surface area contributed by atoms with E-state index in [0.29, 0.717) is 19.4 Å². The van der Waals surface area contributed by atoms with Crippen molar-refractivity contribution in [2.45, 2.75) is 26.2 Å². The molecule has 0 bridgehead atoms. The smallest absolute Gasteiger partial charge is 0.308 e. The normalized spacial score (nSPS) is 26.2. The van der Waals surface area contributed by atoms with Gasteiger partial charge in [-0.1, -0.05) is 0 Å². The van der Waals surface area contributed by atoms with Crippen LogP contribution in [0.1, 0.15) is 26.2 Å². The molecule has 74 valence electrons. The monoisotopic (exact) mass is 186 g/mol. The third-order valence-corrected chi connectivity index (χ3v) is 2.32. The number of hydrogen-bond donors (Lipinski definition) is 1. The zero-order valence-corrected chi connectivity index (χ0v) is 7.66. The van der Waals surface area contributed by atoms with Crippen LogP contribution in [-0.4, -0.2) is 23.7 Å². The lowest BCUT2D eigenvalue weighted by molar-refractivity contribution is -0.154. The molecule has 0 aromatic heterocycles. The molecule has 4 heteroatoms. The SMILES string of the molecule is CCOC(=O)C1CC(CC(=O)O)C1. The molecule has 0 amide bonds. The highest BCUT2D eigenvalue weighted by atomic mass is 16.5. The van der Waals surface area contributed by atoms with Crippen LogP contribution in [-0.2, 0) is 14.3 Å². The molecule has 1 aliphatic rings. The Kier molecular flexibility index (Phi) is 3.28. The number of rotatable bonds is 4. The van der Waals surface area contributed by atoms with Crippen molar-refractivity contribution in [2.24, 2.45) is 11.8 Å². The number of aliphatic carboxylic acids is 1. The zero-order valence-electron chi connectivity index (χ0n) is 7.66. The number of carbonyl (C=O) groups is 2. The van der Waals surface area contributed by atoms with Gasteiger partial charge in [-0.05, 0) is 25.7 Å². The molecule has 4 nitrogen and oxygen atoms in total. The Labute approximate surface area is 76.9 Å². The quantitative estimate of drug-likeness (QED) is 0.666. The molecular formula is C9H14O4. The third-order valence-electron chi connectivity index (χ3n) is 2.32. The van der Waals surface area contributed by atoms with Gasteiger partial charge in [-0.3, -0.25) is 9.59 Å². The lowest BCUT2D eigenvalue weighted by Crippen LogP contribution is -2.33. The summed E-state index contributed by atoms with van der Waals surface area (Å²) >= 11 is 0. The van der Waals surface area contributed by atoms with Crippen molar-refractivity contribution in [3.8, 4) is 0 Å². The topological polar surface area (TPSA) is 63.6 Å². The van der Waals surface area contributed by atoms with Gasteiger partial charge in [0.2, 0.25) is 0 Å². The molecule has 1 N–H and O–H groups in total. The first-order valence-electron chi connectivity index (χ1n) is 4.52. The highest BCUT2D eigenvalue weighted by molar-refractivity contribution is 5.74. The summed E-state index contributed by atoms with van der Waals surface area (Å²) in [7, 11) is 0. The van der Waals surface area contributed by atoms with E-state index in [1.165, 1.54) is 0 Å². The van der Waals surface area contributed by atoms with Gasteiger partial charge in [0.1, 0.15) is 0 Å². The maximum atomic E-state index is 11.1. The van der Waals surface area contributed by atoms with Crippen LogP contribution in [0.25, 0.3) is 0 Å². The second-order valence-electron chi connectivity index (χ2n) is 3.38. The van der Waals surface area contributed by atoms with E-state index in [2.05, 4.69) is 0 Å². The van der Waals surface area contributed by atoms with E-state index in [9.17, 15) is 9.59 Å². The van der Waals surface area contributed by atoms with Gasteiger partial charge in [0.25, 0.3) is 0 Å². The highest BCUT2D eigenvalue weighted by Crippen LogP contribution is 2.36. The Morgan fingerprint density at radius 2 is 2.08 bits per heavy atom. The van der Waals surface area contributed by atoms with E-state index in [1.807, 2.05) is 0 Å². The number of carbonyl (C=O) groups excluding carboxylic acids is 1. The van der Waals surface area contributed by atoms with Gasteiger partial charge in [-0.2, -0.15) is 0 Å². The summed E-state index contributed by atoms with van der Waals surface area (Å²) < 4.78 is 4.81. The summed E-state index contributed by atoms with van der Waals surface area (Å²) in [6.45, 7) is 2.17. The molecule has 1 fully saturated rings. The molecule has 1 aliphatic carbocycles. The number of ether oxygens (including phenoxy) is 1. The first-order chi connectivity index (χ1) is 6.13. The van der Waals surface area contributed by atoms with E-state index in [0.717, 1.165) is 0 Å². The molecule has 0 aromatic rings. The highest BCUT2D eigenvalue weighted by Gasteiger charge is 2.36. The molecule has 0 aromatic carbocycles. The molecule has 1 rings (SSSR count). The molecule has 0 aliphatic heterocycles. The van der Waals surface area contributed by atoms with Gasteiger partial charge >= 0.3 is 11.9 Å². The van der Waals surface area contributed by atoms with Crippen LogP contribution >= 0.6 is 0 Å². The van der Waals surface area contributed by atoms with Crippen LogP contribution in [0, 0.1) is 11.8 Å². The average molecular weight is 186 g/mol. The molecule has 0 atom stereocenters. The Hall–Kier alpha value is -1.06. The van der Waals surface area contributed by atoms with Crippen LogP contribution < -0.4 is 0 Å². The fourth-order valence-electron chi connectivity index (χ4n) is 1.60. The summed E-state index contributed by atoms with van der Waals surface area (Å²) in [5.41, 5.74) is 0. The maximum Gasteiger partial charge on any atom is 0.308 e.